The van der Waals surface area contributed by atoms with E-state index in [-0.39, 0.29) is 17.5 Å². The number of halogens is 3. The van der Waals surface area contributed by atoms with Crippen molar-refractivity contribution in [3.05, 3.63) is 70.5 Å². The lowest BCUT2D eigenvalue weighted by Crippen LogP contribution is -1.96. The molecule has 2 nitrogen and oxygen atoms in total. The molecule has 176 valence electrons. The van der Waals surface area contributed by atoms with Crippen LogP contribution in [0.1, 0.15) is 82.9 Å². The van der Waals surface area contributed by atoms with Gasteiger partial charge in [0, 0.05) is 0 Å². The van der Waals surface area contributed by atoms with E-state index < -0.39 is 0 Å². The second kappa shape index (κ2) is 22.3. The van der Waals surface area contributed by atoms with E-state index in [1.807, 2.05) is 47.3 Å². The Bertz CT molecular complexity index is 688. The van der Waals surface area contributed by atoms with E-state index in [2.05, 4.69) is 13.8 Å². The monoisotopic (exact) mass is 440 g/mol. The normalized spacial score (nSPS) is 9.84. The molecule has 2 aromatic carbocycles. The van der Waals surface area contributed by atoms with E-state index in [1.165, 1.54) is 23.8 Å². The molecule has 0 radical (unpaired) electrons. The molecule has 2 aromatic rings. The molecule has 1 unspecified atom stereocenters. The van der Waals surface area contributed by atoms with Gasteiger partial charge in [-0.05, 0) is 79.1 Å². The topological polar surface area (TPSA) is 34.1 Å². The second-order valence-corrected chi connectivity index (χ2v) is 6.53. The summed E-state index contributed by atoms with van der Waals surface area (Å²) >= 11 is 0. The Morgan fingerprint density at radius 3 is 1.87 bits per heavy atom. The first kappa shape index (κ1) is 33.2. The van der Waals surface area contributed by atoms with Crippen molar-refractivity contribution in [3.63, 3.8) is 0 Å². The van der Waals surface area contributed by atoms with Gasteiger partial charge in [-0.3, -0.25) is 0 Å². The number of unbranched alkanes of at least 4 members (excludes halogenated alkanes) is 1. The number of hydrogen-bond donors (Lipinski definition) is 0. The predicted octanol–water partition coefficient (Wildman–Crippen LogP) is 8.00. The highest BCUT2D eigenvalue weighted by molar-refractivity contribution is 5.29. The summed E-state index contributed by atoms with van der Waals surface area (Å²) in [6.07, 6.45) is 4.80. The van der Waals surface area contributed by atoms with Crippen molar-refractivity contribution in [2.24, 2.45) is 0 Å². The van der Waals surface area contributed by atoms with Gasteiger partial charge in [0.1, 0.15) is 31.0 Å². The van der Waals surface area contributed by atoms with Gasteiger partial charge in [-0.25, -0.2) is 13.2 Å². The van der Waals surface area contributed by atoms with Crippen molar-refractivity contribution in [2.45, 2.75) is 79.6 Å². The maximum atomic E-state index is 12.9. The number of hydrogen-bond acceptors (Lipinski definition) is 2. The van der Waals surface area contributed by atoms with Crippen molar-refractivity contribution < 1.29 is 22.8 Å². The second-order valence-electron chi connectivity index (χ2n) is 6.53. The zero-order valence-electron chi connectivity index (χ0n) is 19.9. The Balaban J connectivity index is -0.000000408. The first-order valence-electron chi connectivity index (χ1n) is 10.7. The van der Waals surface area contributed by atoms with Crippen molar-refractivity contribution >= 4 is 13.6 Å². The molecule has 0 aliphatic rings. The standard InChI is InChI=1S/C12H17F.C10H12F2.C2H6.2CH2O/c1-4-5-9(2)12-8-11(13)7-6-10(12)3;1-2-3-4-8-7-9(11)5-6-10(8)12;3*1-2/h6-9H,4-5H2,1-3H3;5-7H,2-4H2,1H3;1-2H3;2*1H2. The van der Waals surface area contributed by atoms with Crippen molar-refractivity contribution in [2.75, 3.05) is 0 Å². The first-order valence-corrected chi connectivity index (χ1v) is 10.7. The third kappa shape index (κ3) is 15.1. The van der Waals surface area contributed by atoms with Gasteiger partial charge < -0.3 is 9.59 Å². The number of carbonyl (C=O) groups excluding carboxylic acids is 2. The number of carbonyl (C=O) groups is 2. The molecular weight excluding hydrogens is 401 g/mol. The average molecular weight is 441 g/mol. The minimum Gasteiger partial charge on any atom is -0.307 e. The number of aryl methyl sites for hydroxylation is 2. The van der Waals surface area contributed by atoms with Gasteiger partial charge in [-0.2, -0.15) is 0 Å². The highest BCUT2D eigenvalue weighted by Crippen LogP contribution is 2.24. The van der Waals surface area contributed by atoms with Gasteiger partial charge in [0.15, 0.2) is 0 Å². The van der Waals surface area contributed by atoms with Crippen LogP contribution in [0.3, 0.4) is 0 Å². The predicted molar refractivity (Wildman–Crippen MR) is 125 cm³/mol. The first-order chi connectivity index (χ1) is 14.9. The minimum absolute atomic E-state index is 0.122. The molecule has 0 aliphatic heterocycles. The lowest BCUT2D eigenvalue weighted by molar-refractivity contribution is -0.0987. The fourth-order valence-corrected chi connectivity index (χ4v) is 2.83. The Morgan fingerprint density at radius 1 is 0.839 bits per heavy atom. The summed E-state index contributed by atoms with van der Waals surface area (Å²) in [5.74, 6) is -0.309. The van der Waals surface area contributed by atoms with E-state index in [0.717, 1.165) is 37.3 Å². The summed E-state index contributed by atoms with van der Waals surface area (Å²) < 4.78 is 38.5. The van der Waals surface area contributed by atoms with E-state index in [1.54, 1.807) is 6.07 Å². The molecule has 0 aliphatic carbocycles. The van der Waals surface area contributed by atoms with E-state index in [0.29, 0.717) is 17.9 Å². The summed E-state index contributed by atoms with van der Waals surface area (Å²) in [7, 11) is 0. The van der Waals surface area contributed by atoms with Gasteiger partial charge in [0.25, 0.3) is 0 Å². The van der Waals surface area contributed by atoms with Crippen molar-refractivity contribution in [1.82, 2.24) is 0 Å². The van der Waals surface area contributed by atoms with Gasteiger partial charge in [-0.15, -0.1) is 0 Å². The fourth-order valence-electron chi connectivity index (χ4n) is 2.83. The molecular formula is C26H39F3O2. The molecule has 2 rings (SSSR count). The molecule has 5 heteroatoms. The molecule has 31 heavy (non-hydrogen) atoms. The molecule has 0 spiro atoms. The average Bonchev–Trinajstić information content (AvgIpc) is 2.80. The lowest BCUT2D eigenvalue weighted by Gasteiger charge is -2.13. The SMILES string of the molecule is C=O.C=O.CC.CCCC(C)c1cc(F)ccc1C.CCCCc1cc(F)ccc1F. The minimum atomic E-state index is -0.359. The van der Waals surface area contributed by atoms with Gasteiger partial charge in [0.05, 0.1) is 0 Å². The van der Waals surface area contributed by atoms with Crippen LogP contribution in [-0.4, -0.2) is 13.6 Å². The maximum absolute atomic E-state index is 12.9. The highest BCUT2D eigenvalue weighted by atomic mass is 19.1. The summed E-state index contributed by atoms with van der Waals surface area (Å²) in [6, 6.07) is 8.64. The van der Waals surface area contributed by atoms with Gasteiger partial charge in [-0.1, -0.05) is 53.5 Å². The third-order valence-electron chi connectivity index (χ3n) is 4.30. The van der Waals surface area contributed by atoms with Gasteiger partial charge >= 0.3 is 0 Å². The molecule has 0 saturated carbocycles. The largest absolute Gasteiger partial charge is 0.307 e. The van der Waals surface area contributed by atoms with Crippen LogP contribution >= 0.6 is 0 Å². The Morgan fingerprint density at radius 2 is 1.35 bits per heavy atom. The molecule has 0 saturated heterocycles. The highest BCUT2D eigenvalue weighted by Gasteiger charge is 2.08. The van der Waals surface area contributed by atoms with Gasteiger partial charge in [0.2, 0.25) is 0 Å². The van der Waals surface area contributed by atoms with Crippen molar-refractivity contribution in [3.8, 4) is 0 Å². The van der Waals surface area contributed by atoms with Crippen LogP contribution in [0.25, 0.3) is 0 Å². The van der Waals surface area contributed by atoms with Crippen LogP contribution in [0.15, 0.2) is 36.4 Å². The summed E-state index contributed by atoms with van der Waals surface area (Å²) in [6.45, 7) is 16.4. The van der Waals surface area contributed by atoms with E-state index in [9.17, 15) is 13.2 Å². The number of rotatable bonds is 6. The Hall–Kier alpha value is -2.43. The number of benzene rings is 2. The van der Waals surface area contributed by atoms with Crippen molar-refractivity contribution in [1.29, 1.82) is 0 Å². The molecule has 0 N–H and O–H groups in total. The third-order valence-corrected chi connectivity index (χ3v) is 4.30. The molecule has 0 fully saturated rings. The van der Waals surface area contributed by atoms with Crippen LogP contribution in [0.2, 0.25) is 0 Å². The molecule has 0 aromatic heterocycles. The summed E-state index contributed by atoms with van der Waals surface area (Å²) in [5.41, 5.74) is 2.83. The van der Waals surface area contributed by atoms with E-state index in [4.69, 9.17) is 9.59 Å². The quantitative estimate of drug-likeness (QED) is 0.456. The smallest absolute Gasteiger partial charge is 0.126 e. The Kier molecular flexibility index (Phi) is 23.8. The molecule has 0 heterocycles. The fraction of sp³-hybridized carbons (Fsp3) is 0.462. The van der Waals surface area contributed by atoms with Crippen LogP contribution in [0, 0.1) is 24.4 Å². The van der Waals surface area contributed by atoms with Crippen LogP contribution in [-0.2, 0) is 16.0 Å². The molecule has 1 atom stereocenters. The zero-order chi connectivity index (χ0) is 24.8. The van der Waals surface area contributed by atoms with Crippen LogP contribution in [0.5, 0.6) is 0 Å². The lowest BCUT2D eigenvalue weighted by atomic mass is 9.93. The summed E-state index contributed by atoms with van der Waals surface area (Å²) in [5, 5.41) is 0. The summed E-state index contributed by atoms with van der Waals surface area (Å²) in [4.78, 5) is 16.0. The maximum Gasteiger partial charge on any atom is 0.126 e. The zero-order valence-corrected chi connectivity index (χ0v) is 19.9. The van der Waals surface area contributed by atoms with E-state index >= 15 is 0 Å². The van der Waals surface area contributed by atoms with Crippen LogP contribution < -0.4 is 0 Å². The molecule has 0 amide bonds. The van der Waals surface area contributed by atoms with Crippen LogP contribution in [0.4, 0.5) is 13.2 Å². The Labute approximate surface area is 186 Å². The molecule has 0 bridgehead atoms.